The first-order valence-corrected chi connectivity index (χ1v) is 13.8. The molecule has 7 aromatic carbocycles. The number of hydrogen-bond acceptors (Lipinski definition) is 0. The summed E-state index contributed by atoms with van der Waals surface area (Å²) in [5.74, 6) is 0. The Morgan fingerprint density at radius 3 is 1.20 bits per heavy atom. The summed E-state index contributed by atoms with van der Waals surface area (Å²) in [5.41, 5.74) is 12.2. The molecule has 0 bridgehead atoms. The maximum Gasteiger partial charge on any atom is -0.00992 e. The Hall–Kier alpha value is -5.20. The average molecular weight is 509 g/mol. The Morgan fingerprint density at radius 1 is 0.225 bits per heavy atom. The number of hydrogen-bond donors (Lipinski definition) is 0. The average Bonchev–Trinajstić information content (AvgIpc) is 3.05. The molecule has 0 amide bonds. The molecule has 0 saturated carbocycles. The van der Waals surface area contributed by atoms with Gasteiger partial charge >= 0.3 is 0 Å². The van der Waals surface area contributed by atoms with Crippen LogP contribution in [0.4, 0.5) is 0 Å². The number of benzene rings is 7. The summed E-state index contributed by atoms with van der Waals surface area (Å²) < 4.78 is 0. The highest BCUT2D eigenvalue weighted by Gasteiger charge is 2.11. The van der Waals surface area contributed by atoms with Crippen LogP contribution in [-0.4, -0.2) is 0 Å². The first-order chi connectivity index (χ1) is 19.8. The molecule has 7 aromatic rings. The lowest BCUT2D eigenvalue weighted by Gasteiger charge is -2.14. The third-order valence-electron chi connectivity index (χ3n) is 7.62. The van der Waals surface area contributed by atoms with Crippen molar-refractivity contribution < 1.29 is 0 Å². The van der Waals surface area contributed by atoms with Gasteiger partial charge in [0.1, 0.15) is 0 Å². The Kier molecular flexibility index (Phi) is 6.28. The predicted molar refractivity (Wildman–Crippen MR) is 171 cm³/mol. The molecule has 0 unspecified atom stereocenters. The van der Waals surface area contributed by atoms with E-state index in [2.05, 4.69) is 170 Å². The molecule has 0 saturated heterocycles. The molecule has 0 spiro atoms. The van der Waals surface area contributed by atoms with E-state index in [1.54, 1.807) is 0 Å². The van der Waals surface area contributed by atoms with Crippen molar-refractivity contribution in [3.8, 4) is 55.6 Å². The first-order valence-electron chi connectivity index (χ1n) is 13.8. The summed E-state index contributed by atoms with van der Waals surface area (Å²) in [7, 11) is 0. The summed E-state index contributed by atoms with van der Waals surface area (Å²) in [6.45, 7) is 0. The largest absolute Gasteiger partial charge is 0.0622 e. The van der Waals surface area contributed by atoms with Gasteiger partial charge in [-0.15, -0.1) is 0 Å². The van der Waals surface area contributed by atoms with E-state index in [1.807, 2.05) is 0 Å². The van der Waals surface area contributed by atoms with Crippen LogP contribution in [0.2, 0.25) is 0 Å². The molecule has 7 rings (SSSR count). The van der Waals surface area contributed by atoms with E-state index in [9.17, 15) is 0 Å². The molecule has 0 fully saturated rings. The van der Waals surface area contributed by atoms with Gasteiger partial charge in [0.25, 0.3) is 0 Å². The molecule has 0 aromatic heterocycles. The molecule has 0 heteroatoms. The molecular weight excluding hydrogens is 480 g/mol. The van der Waals surface area contributed by atoms with Crippen LogP contribution in [-0.2, 0) is 0 Å². The summed E-state index contributed by atoms with van der Waals surface area (Å²) in [6, 6.07) is 61.2. The zero-order chi connectivity index (χ0) is 26.7. The molecule has 0 heterocycles. The smallest absolute Gasteiger partial charge is 0.00992 e. The predicted octanol–water partition coefficient (Wildman–Crippen LogP) is 11.2. The molecule has 0 aliphatic carbocycles. The summed E-state index contributed by atoms with van der Waals surface area (Å²) >= 11 is 0. The third-order valence-corrected chi connectivity index (χ3v) is 7.62. The van der Waals surface area contributed by atoms with E-state index in [0.29, 0.717) is 0 Å². The molecule has 0 aliphatic heterocycles. The fourth-order valence-corrected chi connectivity index (χ4v) is 5.60. The fraction of sp³-hybridized carbons (Fsp3) is 0. The van der Waals surface area contributed by atoms with E-state index in [1.165, 1.54) is 66.4 Å². The van der Waals surface area contributed by atoms with Gasteiger partial charge in [0.2, 0.25) is 0 Å². The van der Waals surface area contributed by atoms with Gasteiger partial charge in [-0.1, -0.05) is 133 Å². The van der Waals surface area contributed by atoms with Crippen LogP contribution in [0.1, 0.15) is 0 Å². The molecule has 0 atom stereocenters. The molecule has 0 radical (unpaired) electrons. The highest BCUT2D eigenvalue weighted by molar-refractivity contribution is 6.00. The normalized spacial score (nSPS) is 11.0. The van der Waals surface area contributed by atoms with Crippen LogP contribution >= 0.6 is 0 Å². The maximum atomic E-state index is 2.34. The van der Waals surface area contributed by atoms with E-state index < -0.39 is 0 Å². The lowest BCUT2D eigenvalue weighted by molar-refractivity contribution is 1.56. The van der Waals surface area contributed by atoms with Crippen molar-refractivity contribution in [2.24, 2.45) is 0 Å². The minimum Gasteiger partial charge on any atom is -0.0622 e. The standard InChI is InChI=1S/C40H28/c1-4-13-29(14-5-1)35-25-36(30-15-6-2-7-16-30)27-37(26-35)32-20-12-21-33(23-32)38-24-34-19-10-11-22-39(34)40(28-38)31-17-8-3-9-18-31/h1-28H. The van der Waals surface area contributed by atoms with Gasteiger partial charge < -0.3 is 0 Å². The Balaban J connectivity index is 1.38. The van der Waals surface area contributed by atoms with Crippen molar-refractivity contribution in [3.05, 3.63) is 170 Å². The van der Waals surface area contributed by atoms with Crippen LogP contribution in [0, 0.1) is 0 Å². The molecule has 40 heavy (non-hydrogen) atoms. The van der Waals surface area contributed by atoms with Gasteiger partial charge in [0.05, 0.1) is 0 Å². The van der Waals surface area contributed by atoms with E-state index in [-0.39, 0.29) is 0 Å². The van der Waals surface area contributed by atoms with Crippen molar-refractivity contribution in [2.45, 2.75) is 0 Å². The molecule has 188 valence electrons. The summed E-state index contributed by atoms with van der Waals surface area (Å²) in [4.78, 5) is 0. The second kappa shape index (κ2) is 10.5. The van der Waals surface area contributed by atoms with Crippen molar-refractivity contribution in [2.75, 3.05) is 0 Å². The van der Waals surface area contributed by atoms with E-state index in [4.69, 9.17) is 0 Å². The summed E-state index contributed by atoms with van der Waals surface area (Å²) in [6.07, 6.45) is 0. The lowest BCUT2D eigenvalue weighted by atomic mass is 9.90. The second-order valence-electron chi connectivity index (χ2n) is 10.2. The van der Waals surface area contributed by atoms with Crippen LogP contribution in [0.25, 0.3) is 66.4 Å². The zero-order valence-corrected chi connectivity index (χ0v) is 22.2. The maximum absolute atomic E-state index is 2.34. The van der Waals surface area contributed by atoms with Crippen LogP contribution in [0.5, 0.6) is 0 Å². The van der Waals surface area contributed by atoms with Crippen LogP contribution in [0.15, 0.2) is 170 Å². The minimum atomic E-state index is 1.21. The highest BCUT2D eigenvalue weighted by Crippen LogP contribution is 2.37. The van der Waals surface area contributed by atoms with E-state index >= 15 is 0 Å². The zero-order valence-electron chi connectivity index (χ0n) is 22.2. The number of rotatable bonds is 5. The fourth-order valence-electron chi connectivity index (χ4n) is 5.60. The molecule has 0 aliphatic rings. The van der Waals surface area contributed by atoms with Gasteiger partial charge in [-0.05, 0) is 103 Å². The lowest BCUT2D eigenvalue weighted by Crippen LogP contribution is -1.88. The van der Waals surface area contributed by atoms with Gasteiger partial charge in [-0.3, -0.25) is 0 Å². The van der Waals surface area contributed by atoms with Crippen molar-refractivity contribution in [3.63, 3.8) is 0 Å². The monoisotopic (exact) mass is 508 g/mol. The Morgan fingerprint density at radius 2 is 0.625 bits per heavy atom. The molecular formula is C40H28. The van der Waals surface area contributed by atoms with Crippen molar-refractivity contribution in [1.82, 2.24) is 0 Å². The minimum absolute atomic E-state index is 1.21. The number of fused-ring (bicyclic) bond motifs is 1. The molecule has 0 nitrogen and oxygen atoms in total. The van der Waals surface area contributed by atoms with Crippen LogP contribution in [0.3, 0.4) is 0 Å². The highest BCUT2D eigenvalue weighted by atomic mass is 14.1. The quantitative estimate of drug-likeness (QED) is 0.217. The van der Waals surface area contributed by atoms with Gasteiger partial charge in [0, 0.05) is 0 Å². The third kappa shape index (κ3) is 4.72. The van der Waals surface area contributed by atoms with Crippen molar-refractivity contribution in [1.29, 1.82) is 0 Å². The van der Waals surface area contributed by atoms with Gasteiger partial charge in [-0.2, -0.15) is 0 Å². The topological polar surface area (TPSA) is 0 Å². The molecule has 0 N–H and O–H groups in total. The van der Waals surface area contributed by atoms with E-state index in [0.717, 1.165) is 0 Å². The Bertz CT molecular complexity index is 1860. The Labute approximate surface area is 235 Å². The summed E-state index contributed by atoms with van der Waals surface area (Å²) in [5, 5.41) is 2.53. The van der Waals surface area contributed by atoms with Crippen LogP contribution < -0.4 is 0 Å². The van der Waals surface area contributed by atoms with Crippen molar-refractivity contribution >= 4 is 10.8 Å². The second-order valence-corrected chi connectivity index (χ2v) is 10.2. The van der Waals surface area contributed by atoms with Gasteiger partial charge in [-0.25, -0.2) is 0 Å². The first kappa shape index (κ1) is 23.9. The SMILES string of the molecule is c1ccc(-c2cc(-c3ccccc3)cc(-c3cccc(-c4cc(-c5ccccc5)c5ccccc5c4)c3)c2)cc1. The van der Waals surface area contributed by atoms with Gasteiger partial charge in [0.15, 0.2) is 0 Å².